The van der Waals surface area contributed by atoms with Crippen molar-refractivity contribution >= 4 is 11.6 Å². The second-order valence-electron chi connectivity index (χ2n) is 3.49. The fourth-order valence-electron chi connectivity index (χ4n) is 1.88. The normalized spacial score (nSPS) is 13.1. The lowest BCUT2D eigenvalue weighted by atomic mass is 10.1. The Morgan fingerprint density at radius 2 is 1.87 bits per heavy atom. The summed E-state index contributed by atoms with van der Waals surface area (Å²) in [5.74, 6) is 0. The quantitative estimate of drug-likeness (QED) is 0.837. The molecule has 2 nitrogen and oxygen atoms in total. The molecule has 1 rings (SSSR count). The molecule has 0 radical (unpaired) electrons. The highest BCUT2D eigenvalue weighted by atomic mass is 35.5. The van der Waals surface area contributed by atoms with Crippen LogP contribution in [0.5, 0.6) is 0 Å². The molecule has 2 N–H and O–H groups in total. The highest BCUT2D eigenvalue weighted by Gasteiger charge is 2.17. The van der Waals surface area contributed by atoms with Crippen molar-refractivity contribution in [1.29, 1.82) is 0 Å². The van der Waals surface area contributed by atoms with Gasteiger partial charge in [0.2, 0.25) is 0 Å². The van der Waals surface area contributed by atoms with Crippen LogP contribution in [0.15, 0.2) is 24.3 Å². The van der Waals surface area contributed by atoms with E-state index in [1.807, 2.05) is 18.2 Å². The minimum atomic E-state index is 0.230. The summed E-state index contributed by atoms with van der Waals surface area (Å²) < 4.78 is 0. The SMILES string of the molecule is CCN(CC)[C@@H](CN)c1ccccc1Cl. The molecule has 0 heterocycles. The maximum Gasteiger partial charge on any atom is 0.0484 e. The summed E-state index contributed by atoms with van der Waals surface area (Å²) in [7, 11) is 0. The van der Waals surface area contributed by atoms with Crippen LogP contribution in [0.25, 0.3) is 0 Å². The number of likely N-dealkylation sites (N-methyl/N-ethyl adjacent to an activating group) is 1. The first-order chi connectivity index (χ1) is 7.24. The van der Waals surface area contributed by atoms with Crippen LogP contribution in [0, 0.1) is 0 Å². The van der Waals surface area contributed by atoms with Gasteiger partial charge in [0.25, 0.3) is 0 Å². The first-order valence-corrected chi connectivity index (χ1v) is 5.80. The van der Waals surface area contributed by atoms with Gasteiger partial charge in [0.1, 0.15) is 0 Å². The molecule has 0 aliphatic carbocycles. The topological polar surface area (TPSA) is 29.3 Å². The summed E-state index contributed by atoms with van der Waals surface area (Å²) in [4.78, 5) is 2.32. The van der Waals surface area contributed by atoms with Gasteiger partial charge >= 0.3 is 0 Å². The van der Waals surface area contributed by atoms with Gasteiger partial charge in [-0.3, -0.25) is 4.90 Å². The smallest absolute Gasteiger partial charge is 0.0484 e. The zero-order chi connectivity index (χ0) is 11.3. The predicted octanol–water partition coefficient (Wildman–Crippen LogP) is 2.68. The van der Waals surface area contributed by atoms with Crippen LogP contribution in [0.1, 0.15) is 25.5 Å². The Kier molecular flexibility index (Phi) is 5.09. The second kappa shape index (κ2) is 6.11. The third-order valence-electron chi connectivity index (χ3n) is 2.74. The van der Waals surface area contributed by atoms with Crippen molar-refractivity contribution < 1.29 is 0 Å². The zero-order valence-electron chi connectivity index (χ0n) is 9.41. The van der Waals surface area contributed by atoms with Crippen LogP contribution >= 0.6 is 11.6 Å². The molecule has 0 aromatic heterocycles. The van der Waals surface area contributed by atoms with E-state index >= 15 is 0 Å². The van der Waals surface area contributed by atoms with Crippen LogP contribution in [0.3, 0.4) is 0 Å². The van der Waals surface area contributed by atoms with Crippen molar-refractivity contribution in [2.24, 2.45) is 5.73 Å². The predicted molar refractivity (Wildman–Crippen MR) is 66.2 cm³/mol. The van der Waals surface area contributed by atoms with Crippen molar-refractivity contribution in [3.8, 4) is 0 Å². The molecule has 0 fully saturated rings. The molecule has 84 valence electrons. The van der Waals surface area contributed by atoms with E-state index < -0.39 is 0 Å². The average molecular weight is 227 g/mol. The van der Waals surface area contributed by atoms with Gasteiger partial charge in [0.15, 0.2) is 0 Å². The average Bonchev–Trinajstić information content (AvgIpc) is 2.27. The van der Waals surface area contributed by atoms with Crippen molar-refractivity contribution in [3.63, 3.8) is 0 Å². The summed E-state index contributed by atoms with van der Waals surface area (Å²) in [6, 6.07) is 8.16. The summed E-state index contributed by atoms with van der Waals surface area (Å²) in [6.45, 7) is 6.87. The van der Waals surface area contributed by atoms with Crippen molar-refractivity contribution in [3.05, 3.63) is 34.9 Å². The van der Waals surface area contributed by atoms with Gasteiger partial charge in [-0.2, -0.15) is 0 Å². The van der Waals surface area contributed by atoms with E-state index in [2.05, 4.69) is 24.8 Å². The van der Waals surface area contributed by atoms with Gasteiger partial charge in [0, 0.05) is 17.6 Å². The first kappa shape index (κ1) is 12.5. The molecule has 15 heavy (non-hydrogen) atoms. The van der Waals surface area contributed by atoms with E-state index in [0.29, 0.717) is 6.54 Å². The monoisotopic (exact) mass is 226 g/mol. The van der Waals surface area contributed by atoms with E-state index in [0.717, 1.165) is 23.7 Å². The molecule has 0 spiro atoms. The van der Waals surface area contributed by atoms with Gasteiger partial charge in [-0.15, -0.1) is 0 Å². The van der Waals surface area contributed by atoms with Gasteiger partial charge in [-0.05, 0) is 24.7 Å². The maximum absolute atomic E-state index is 6.17. The van der Waals surface area contributed by atoms with Crippen LogP contribution in [-0.4, -0.2) is 24.5 Å². The largest absolute Gasteiger partial charge is 0.329 e. The second-order valence-corrected chi connectivity index (χ2v) is 3.90. The lowest BCUT2D eigenvalue weighted by Crippen LogP contribution is -2.33. The molecule has 0 aliphatic rings. The Bertz CT molecular complexity index is 297. The minimum absolute atomic E-state index is 0.230. The molecule has 0 amide bonds. The minimum Gasteiger partial charge on any atom is -0.329 e. The number of benzene rings is 1. The fraction of sp³-hybridized carbons (Fsp3) is 0.500. The lowest BCUT2D eigenvalue weighted by Gasteiger charge is -2.29. The summed E-state index contributed by atoms with van der Waals surface area (Å²) in [5, 5.41) is 0.805. The molecular weight excluding hydrogens is 208 g/mol. The van der Waals surface area contributed by atoms with Gasteiger partial charge < -0.3 is 5.73 Å². The Balaban J connectivity index is 2.96. The number of halogens is 1. The van der Waals surface area contributed by atoms with E-state index in [9.17, 15) is 0 Å². The number of nitrogens with two attached hydrogens (primary N) is 1. The number of rotatable bonds is 5. The van der Waals surface area contributed by atoms with Crippen molar-refractivity contribution in [1.82, 2.24) is 4.90 Å². The number of hydrogen-bond donors (Lipinski definition) is 1. The Labute approximate surface area is 97.0 Å². The Morgan fingerprint density at radius 3 is 2.33 bits per heavy atom. The molecule has 0 unspecified atom stereocenters. The van der Waals surface area contributed by atoms with Gasteiger partial charge in [-0.1, -0.05) is 43.6 Å². The Hall–Kier alpha value is -0.570. The molecule has 0 saturated heterocycles. The molecule has 1 aromatic rings. The lowest BCUT2D eigenvalue weighted by molar-refractivity contribution is 0.224. The van der Waals surface area contributed by atoms with Crippen LogP contribution < -0.4 is 5.73 Å². The summed E-state index contributed by atoms with van der Waals surface area (Å²) >= 11 is 6.17. The van der Waals surface area contributed by atoms with E-state index in [-0.39, 0.29) is 6.04 Å². The molecular formula is C12H19ClN2. The zero-order valence-corrected chi connectivity index (χ0v) is 10.2. The highest BCUT2D eigenvalue weighted by Crippen LogP contribution is 2.26. The molecule has 1 atom stereocenters. The Morgan fingerprint density at radius 1 is 1.27 bits per heavy atom. The maximum atomic E-state index is 6.17. The molecule has 0 aliphatic heterocycles. The third-order valence-corrected chi connectivity index (χ3v) is 3.08. The molecule has 0 bridgehead atoms. The molecule has 3 heteroatoms. The fourth-order valence-corrected chi connectivity index (χ4v) is 2.14. The van der Waals surface area contributed by atoms with Crippen LogP contribution in [0.2, 0.25) is 5.02 Å². The summed E-state index contributed by atoms with van der Waals surface area (Å²) in [5.41, 5.74) is 6.96. The molecule has 1 aromatic carbocycles. The van der Waals surface area contributed by atoms with Crippen LogP contribution in [0.4, 0.5) is 0 Å². The highest BCUT2D eigenvalue weighted by molar-refractivity contribution is 6.31. The number of hydrogen-bond acceptors (Lipinski definition) is 2. The van der Waals surface area contributed by atoms with E-state index in [4.69, 9.17) is 17.3 Å². The molecule has 0 saturated carbocycles. The first-order valence-electron chi connectivity index (χ1n) is 5.43. The van der Waals surface area contributed by atoms with E-state index in [1.165, 1.54) is 0 Å². The van der Waals surface area contributed by atoms with Crippen molar-refractivity contribution in [2.75, 3.05) is 19.6 Å². The van der Waals surface area contributed by atoms with E-state index in [1.54, 1.807) is 0 Å². The third kappa shape index (κ3) is 2.94. The van der Waals surface area contributed by atoms with Gasteiger partial charge in [0.05, 0.1) is 0 Å². The van der Waals surface area contributed by atoms with Crippen molar-refractivity contribution in [2.45, 2.75) is 19.9 Å². The van der Waals surface area contributed by atoms with Gasteiger partial charge in [-0.25, -0.2) is 0 Å². The number of nitrogens with zero attached hydrogens (tertiary/aromatic N) is 1. The van der Waals surface area contributed by atoms with Crippen LogP contribution in [-0.2, 0) is 0 Å². The standard InChI is InChI=1S/C12H19ClN2/c1-3-15(4-2)12(9-14)10-7-5-6-8-11(10)13/h5-8,12H,3-4,9,14H2,1-2H3/t12-/m0/s1. The summed E-state index contributed by atoms with van der Waals surface area (Å²) in [6.07, 6.45) is 0.